The molecule has 126 valence electrons. The van der Waals surface area contributed by atoms with Crippen LogP contribution in [-0.2, 0) is 0 Å². The van der Waals surface area contributed by atoms with Crippen molar-refractivity contribution in [2.75, 3.05) is 11.4 Å². The third-order valence-electron chi connectivity index (χ3n) is 4.33. The van der Waals surface area contributed by atoms with Gasteiger partial charge in [-0.1, -0.05) is 31.2 Å². The SMILES string of the molecule is C[C@H]1CCN(C(=O)c2cc(=O)c3ccccc3o2)c2ccccc2S1. The van der Waals surface area contributed by atoms with Gasteiger partial charge in [0.05, 0.1) is 11.1 Å². The van der Waals surface area contributed by atoms with E-state index >= 15 is 0 Å². The van der Waals surface area contributed by atoms with Crippen LogP contribution in [0.15, 0.2) is 68.7 Å². The van der Waals surface area contributed by atoms with Crippen LogP contribution in [-0.4, -0.2) is 17.7 Å². The molecule has 1 aliphatic rings. The van der Waals surface area contributed by atoms with E-state index in [1.54, 1.807) is 40.9 Å². The second-order valence-electron chi connectivity index (χ2n) is 6.11. The molecule has 0 saturated carbocycles. The highest BCUT2D eigenvalue weighted by atomic mass is 32.2. The van der Waals surface area contributed by atoms with Crippen molar-refractivity contribution in [2.24, 2.45) is 0 Å². The average molecular weight is 351 g/mol. The largest absolute Gasteiger partial charge is 0.451 e. The molecule has 1 aliphatic heterocycles. The maximum Gasteiger partial charge on any atom is 0.294 e. The fourth-order valence-electron chi connectivity index (χ4n) is 3.04. The van der Waals surface area contributed by atoms with E-state index in [9.17, 15) is 9.59 Å². The molecule has 0 radical (unpaired) electrons. The molecular weight excluding hydrogens is 334 g/mol. The van der Waals surface area contributed by atoms with Crippen molar-refractivity contribution in [1.29, 1.82) is 0 Å². The average Bonchev–Trinajstić information content (AvgIpc) is 2.79. The summed E-state index contributed by atoms with van der Waals surface area (Å²) in [4.78, 5) is 28.2. The van der Waals surface area contributed by atoms with Gasteiger partial charge in [-0.05, 0) is 30.7 Å². The highest BCUT2D eigenvalue weighted by Gasteiger charge is 2.26. The number of rotatable bonds is 1. The molecule has 0 bridgehead atoms. The number of carbonyl (C=O) groups is 1. The molecule has 2 heterocycles. The van der Waals surface area contributed by atoms with Gasteiger partial charge in [-0.2, -0.15) is 0 Å². The summed E-state index contributed by atoms with van der Waals surface area (Å²) in [6.07, 6.45) is 0.878. The topological polar surface area (TPSA) is 50.5 Å². The van der Waals surface area contributed by atoms with E-state index in [-0.39, 0.29) is 17.1 Å². The van der Waals surface area contributed by atoms with Crippen molar-refractivity contribution in [3.63, 3.8) is 0 Å². The lowest BCUT2D eigenvalue weighted by Gasteiger charge is -2.21. The van der Waals surface area contributed by atoms with Gasteiger partial charge < -0.3 is 9.32 Å². The first kappa shape index (κ1) is 16.0. The van der Waals surface area contributed by atoms with Gasteiger partial charge in [0.15, 0.2) is 11.2 Å². The van der Waals surface area contributed by atoms with Crippen LogP contribution in [0.1, 0.15) is 23.9 Å². The lowest BCUT2D eigenvalue weighted by Crippen LogP contribution is -2.32. The molecule has 4 nitrogen and oxygen atoms in total. The number of benzene rings is 2. The zero-order chi connectivity index (χ0) is 17.4. The number of anilines is 1. The first-order valence-electron chi connectivity index (χ1n) is 8.24. The summed E-state index contributed by atoms with van der Waals surface area (Å²) >= 11 is 1.77. The van der Waals surface area contributed by atoms with E-state index in [1.807, 2.05) is 24.3 Å². The molecule has 0 spiro atoms. The maximum atomic E-state index is 13.1. The van der Waals surface area contributed by atoms with Gasteiger partial charge in [0, 0.05) is 22.8 Å². The predicted octanol–water partition coefficient (Wildman–Crippen LogP) is 4.32. The summed E-state index contributed by atoms with van der Waals surface area (Å²) < 4.78 is 5.74. The van der Waals surface area contributed by atoms with Crippen molar-refractivity contribution in [1.82, 2.24) is 0 Å². The number of hydrogen-bond donors (Lipinski definition) is 0. The number of amides is 1. The molecular formula is C20H17NO3S. The van der Waals surface area contributed by atoms with E-state index in [1.165, 1.54) is 6.07 Å². The Morgan fingerprint density at radius 2 is 1.92 bits per heavy atom. The Labute approximate surface area is 149 Å². The van der Waals surface area contributed by atoms with Gasteiger partial charge in [-0.15, -0.1) is 11.8 Å². The van der Waals surface area contributed by atoms with Gasteiger partial charge in [-0.25, -0.2) is 0 Å². The predicted molar refractivity (Wildman–Crippen MR) is 101 cm³/mol. The summed E-state index contributed by atoms with van der Waals surface area (Å²) in [5, 5.41) is 0.905. The highest BCUT2D eigenvalue weighted by molar-refractivity contribution is 8.00. The fraction of sp³-hybridized carbons (Fsp3) is 0.200. The number of carbonyl (C=O) groups excluding carboxylic acids is 1. The van der Waals surface area contributed by atoms with Gasteiger partial charge in [-0.3, -0.25) is 9.59 Å². The number of nitrogens with zero attached hydrogens (tertiary/aromatic N) is 1. The van der Waals surface area contributed by atoms with Gasteiger partial charge in [0.25, 0.3) is 5.91 Å². The van der Waals surface area contributed by atoms with Crippen LogP contribution in [0.4, 0.5) is 5.69 Å². The van der Waals surface area contributed by atoms with Crippen LogP contribution in [0, 0.1) is 0 Å². The lowest BCUT2D eigenvalue weighted by molar-refractivity contribution is 0.0960. The minimum Gasteiger partial charge on any atom is -0.451 e. The van der Waals surface area contributed by atoms with Crippen LogP contribution < -0.4 is 10.3 Å². The van der Waals surface area contributed by atoms with E-state index in [0.29, 0.717) is 22.8 Å². The standard InChI is InChI=1S/C20H17NO3S/c1-13-10-11-21(15-7-3-5-9-19(15)25-13)20(23)18-12-16(22)14-6-2-4-8-17(14)24-18/h2-9,12-13H,10-11H2,1H3/t13-/m0/s1. The van der Waals surface area contributed by atoms with Crippen LogP contribution in [0.2, 0.25) is 0 Å². The number of thioether (sulfide) groups is 1. The molecule has 0 unspecified atom stereocenters. The molecule has 5 heteroatoms. The third-order valence-corrected chi connectivity index (χ3v) is 5.57. The third kappa shape index (κ3) is 2.96. The molecule has 4 rings (SSSR count). The van der Waals surface area contributed by atoms with Crippen molar-refractivity contribution in [3.05, 3.63) is 70.6 Å². The summed E-state index contributed by atoms with van der Waals surface area (Å²) in [6, 6.07) is 16.2. The monoisotopic (exact) mass is 351 g/mol. The number of hydrogen-bond acceptors (Lipinski definition) is 4. The first-order chi connectivity index (χ1) is 12.1. The summed E-state index contributed by atoms with van der Waals surface area (Å²) in [7, 11) is 0. The Morgan fingerprint density at radius 1 is 1.16 bits per heavy atom. The first-order valence-corrected chi connectivity index (χ1v) is 9.12. The zero-order valence-corrected chi connectivity index (χ0v) is 14.6. The Bertz CT molecular complexity index is 1010. The molecule has 0 N–H and O–H groups in total. The van der Waals surface area contributed by atoms with Crippen LogP contribution >= 0.6 is 11.8 Å². The minimum atomic E-state index is -0.273. The molecule has 1 atom stereocenters. The van der Waals surface area contributed by atoms with Crippen LogP contribution in [0.25, 0.3) is 11.0 Å². The lowest BCUT2D eigenvalue weighted by atomic mass is 10.2. The van der Waals surface area contributed by atoms with Crippen molar-refractivity contribution < 1.29 is 9.21 Å². The summed E-state index contributed by atoms with van der Waals surface area (Å²) in [6.45, 7) is 2.76. The van der Waals surface area contributed by atoms with Crippen molar-refractivity contribution >= 4 is 34.3 Å². The van der Waals surface area contributed by atoms with E-state index < -0.39 is 0 Å². The second kappa shape index (κ2) is 6.41. The van der Waals surface area contributed by atoms with E-state index in [4.69, 9.17) is 4.42 Å². The summed E-state index contributed by atoms with van der Waals surface area (Å²) in [5.74, 6) is -0.192. The Hall–Kier alpha value is -2.53. The zero-order valence-electron chi connectivity index (χ0n) is 13.8. The normalized spacial score (nSPS) is 17.2. The van der Waals surface area contributed by atoms with E-state index in [0.717, 1.165) is 17.0 Å². The molecule has 2 aromatic carbocycles. The smallest absolute Gasteiger partial charge is 0.294 e. The fourth-order valence-corrected chi connectivity index (χ4v) is 4.15. The second-order valence-corrected chi connectivity index (χ2v) is 7.59. The number of fused-ring (bicyclic) bond motifs is 2. The van der Waals surface area contributed by atoms with Crippen LogP contribution in [0.3, 0.4) is 0 Å². The molecule has 1 amide bonds. The number of para-hydroxylation sites is 2. The molecule has 25 heavy (non-hydrogen) atoms. The van der Waals surface area contributed by atoms with Gasteiger partial charge >= 0.3 is 0 Å². The van der Waals surface area contributed by atoms with Crippen LogP contribution in [0.5, 0.6) is 0 Å². The quantitative estimate of drug-likeness (QED) is 0.655. The molecule has 0 fully saturated rings. The Morgan fingerprint density at radius 3 is 2.80 bits per heavy atom. The maximum absolute atomic E-state index is 13.1. The Kier molecular flexibility index (Phi) is 4.09. The minimum absolute atomic E-state index is 0.0815. The highest BCUT2D eigenvalue weighted by Crippen LogP contribution is 2.37. The summed E-state index contributed by atoms with van der Waals surface area (Å²) in [5.41, 5.74) is 1.11. The van der Waals surface area contributed by atoms with Gasteiger partial charge in [0.2, 0.25) is 0 Å². The van der Waals surface area contributed by atoms with Crippen molar-refractivity contribution in [2.45, 2.75) is 23.5 Å². The van der Waals surface area contributed by atoms with Gasteiger partial charge in [0.1, 0.15) is 5.58 Å². The molecule has 0 saturated heterocycles. The molecule has 3 aromatic rings. The molecule has 1 aromatic heterocycles. The van der Waals surface area contributed by atoms with E-state index in [2.05, 4.69) is 6.92 Å². The molecule has 0 aliphatic carbocycles. The van der Waals surface area contributed by atoms with Crippen molar-refractivity contribution in [3.8, 4) is 0 Å². The Balaban J connectivity index is 1.80.